The van der Waals surface area contributed by atoms with Crippen molar-refractivity contribution < 1.29 is 8.42 Å². The van der Waals surface area contributed by atoms with Crippen LogP contribution in [0.4, 0.5) is 10.8 Å². The average Bonchev–Trinajstić information content (AvgIpc) is 2.81. The number of nitrogens with two attached hydrogens (primary N) is 1. The molecule has 1 aromatic rings. The number of aromatic nitrogens is 1. The maximum absolute atomic E-state index is 12.3. The minimum atomic E-state index is -3.34. The summed E-state index contributed by atoms with van der Waals surface area (Å²) in [6, 6.07) is 0. The lowest BCUT2D eigenvalue weighted by molar-refractivity contribution is 0.473. The molecule has 0 radical (unpaired) electrons. The Morgan fingerprint density at radius 3 is 2.57 bits per heavy atom. The Hall–Kier alpha value is -0.820. The highest BCUT2D eigenvalue weighted by molar-refractivity contribution is 7.91. The highest BCUT2D eigenvalue weighted by Gasteiger charge is 2.25. The van der Waals surface area contributed by atoms with E-state index in [2.05, 4.69) is 23.5 Å². The van der Waals surface area contributed by atoms with E-state index in [-0.39, 0.29) is 16.5 Å². The highest BCUT2D eigenvalue weighted by Crippen LogP contribution is 2.33. The first-order valence-corrected chi connectivity index (χ1v) is 10.1. The molecule has 0 aliphatic rings. The van der Waals surface area contributed by atoms with Crippen LogP contribution in [0.15, 0.2) is 4.90 Å². The minimum Gasteiger partial charge on any atom is -0.382 e. The number of anilines is 2. The van der Waals surface area contributed by atoms with Gasteiger partial charge in [0.05, 0.1) is 5.75 Å². The third-order valence-electron chi connectivity index (χ3n) is 3.55. The molecule has 1 unspecified atom stereocenters. The molecular formula is C14H27N3O2S2. The van der Waals surface area contributed by atoms with Crippen molar-refractivity contribution >= 4 is 32.2 Å². The van der Waals surface area contributed by atoms with Gasteiger partial charge in [0.2, 0.25) is 0 Å². The topological polar surface area (TPSA) is 85.1 Å². The minimum absolute atomic E-state index is 0.108. The van der Waals surface area contributed by atoms with Crippen LogP contribution >= 0.6 is 11.5 Å². The van der Waals surface area contributed by atoms with Gasteiger partial charge in [0.25, 0.3) is 0 Å². The summed E-state index contributed by atoms with van der Waals surface area (Å²) in [7, 11) is -3.34. The highest BCUT2D eigenvalue weighted by atomic mass is 32.2. The summed E-state index contributed by atoms with van der Waals surface area (Å²) in [5.41, 5.74) is 5.76. The number of rotatable bonds is 10. The lowest BCUT2D eigenvalue weighted by atomic mass is 9.99. The van der Waals surface area contributed by atoms with Crippen molar-refractivity contribution in [2.45, 2.75) is 57.8 Å². The SMILES string of the molecule is CCCCC(CC)CNc1snc(N)c1S(=O)(=O)CCC. The van der Waals surface area contributed by atoms with Crippen molar-refractivity contribution in [1.82, 2.24) is 4.37 Å². The second-order valence-electron chi connectivity index (χ2n) is 5.34. The summed E-state index contributed by atoms with van der Waals surface area (Å²) >= 11 is 1.14. The molecule has 122 valence electrons. The lowest BCUT2D eigenvalue weighted by Gasteiger charge is -2.16. The number of sulfone groups is 1. The van der Waals surface area contributed by atoms with Crippen LogP contribution in [0.25, 0.3) is 0 Å². The predicted octanol–water partition coefficient (Wildman–Crippen LogP) is 3.54. The Labute approximate surface area is 132 Å². The van der Waals surface area contributed by atoms with Crippen molar-refractivity contribution in [3.63, 3.8) is 0 Å². The predicted molar refractivity (Wildman–Crippen MR) is 90.7 cm³/mol. The van der Waals surface area contributed by atoms with Gasteiger partial charge < -0.3 is 11.1 Å². The van der Waals surface area contributed by atoms with Crippen molar-refractivity contribution in [2.24, 2.45) is 5.92 Å². The number of hydrogen-bond acceptors (Lipinski definition) is 6. The van der Waals surface area contributed by atoms with Crippen LogP contribution in [0.1, 0.15) is 52.9 Å². The van der Waals surface area contributed by atoms with Gasteiger partial charge >= 0.3 is 0 Å². The zero-order valence-corrected chi connectivity index (χ0v) is 14.8. The molecule has 1 heterocycles. The Kier molecular flexibility index (Phi) is 7.45. The summed E-state index contributed by atoms with van der Waals surface area (Å²) in [5.74, 6) is 0.782. The quantitative estimate of drug-likeness (QED) is 0.684. The number of hydrogen-bond donors (Lipinski definition) is 2. The molecule has 0 saturated carbocycles. The number of nitrogens with zero attached hydrogens (tertiary/aromatic N) is 1. The van der Waals surface area contributed by atoms with Gasteiger partial charge in [-0.15, -0.1) is 0 Å². The molecule has 1 atom stereocenters. The van der Waals surface area contributed by atoms with Crippen LogP contribution in [0.2, 0.25) is 0 Å². The van der Waals surface area contributed by atoms with E-state index in [1.165, 1.54) is 12.8 Å². The fourth-order valence-corrected chi connectivity index (χ4v) is 4.89. The summed E-state index contributed by atoms with van der Waals surface area (Å²) in [4.78, 5) is 0.194. The summed E-state index contributed by atoms with van der Waals surface area (Å²) < 4.78 is 28.5. The Morgan fingerprint density at radius 1 is 1.29 bits per heavy atom. The number of unbranched alkanes of at least 4 members (excludes halogenated alkanes) is 1. The largest absolute Gasteiger partial charge is 0.382 e. The molecule has 0 amide bonds. The van der Waals surface area contributed by atoms with Gasteiger partial charge in [-0.25, -0.2) is 8.42 Å². The second kappa shape index (κ2) is 8.58. The van der Waals surface area contributed by atoms with E-state index in [1.54, 1.807) is 0 Å². The number of nitrogens with one attached hydrogen (secondary N) is 1. The van der Waals surface area contributed by atoms with E-state index >= 15 is 0 Å². The molecule has 0 bridgehead atoms. The van der Waals surface area contributed by atoms with Gasteiger partial charge in [-0.3, -0.25) is 0 Å². The molecule has 0 aliphatic heterocycles. The van der Waals surface area contributed by atoms with Crippen molar-refractivity contribution in [1.29, 1.82) is 0 Å². The van der Waals surface area contributed by atoms with Crippen LogP contribution in [0.5, 0.6) is 0 Å². The second-order valence-corrected chi connectivity index (χ2v) is 8.16. The molecule has 0 spiro atoms. The van der Waals surface area contributed by atoms with Gasteiger partial charge in [0.15, 0.2) is 15.7 Å². The van der Waals surface area contributed by atoms with Crippen LogP contribution in [0.3, 0.4) is 0 Å². The normalized spacial score (nSPS) is 13.3. The molecule has 1 aromatic heterocycles. The van der Waals surface area contributed by atoms with Crippen LogP contribution in [-0.2, 0) is 9.84 Å². The first kappa shape index (κ1) is 18.2. The van der Waals surface area contributed by atoms with Gasteiger partial charge in [0, 0.05) is 6.54 Å². The van der Waals surface area contributed by atoms with Crippen molar-refractivity contribution in [2.75, 3.05) is 23.3 Å². The average molecular weight is 334 g/mol. The summed E-state index contributed by atoms with van der Waals surface area (Å²) in [6.45, 7) is 6.96. The molecular weight excluding hydrogens is 306 g/mol. The molecule has 1 rings (SSSR count). The van der Waals surface area contributed by atoms with Crippen LogP contribution in [-0.4, -0.2) is 25.1 Å². The maximum atomic E-state index is 12.3. The molecule has 0 aliphatic carbocycles. The lowest BCUT2D eigenvalue weighted by Crippen LogP contribution is -2.16. The Bertz CT molecular complexity index is 526. The van der Waals surface area contributed by atoms with Crippen LogP contribution < -0.4 is 11.1 Å². The van der Waals surface area contributed by atoms with Crippen molar-refractivity contribution in [3.05, 3.63) is 0 Å². The van der Waals surface area contributed by atoms with Crippen molar-refractivity contribution in [3.8, 4) is 0 Å². The van der Waals surface area contributed by atoms with Gasteiger partial charge in [-0.2, -0.15) is 4.37 Å². The van der Waals surface area contributed by atoms with Gasteiger partial charge in [-0.05, 0) is 30.3 Å². The van der Waals surface area contributed by atoms with E-state index in [9.17, 15) is 8.42 Å². The fraction of sp³-hybridized carbons (Fsp3) is 0.786. The monoisotopic (exact) mass is 333 g/mol. The van der Waals surface area contributed by atoms with E-state index in [0.717, 1.165) is 30.9 Å². The van der Waals surface area contributed by atoms with Gasteiger partial charge in [-0.1, -0.05) is 40.0 Å². The number of nitrogen functional groups attached to an aromatic ring is 1. The summed E-state index contributed by atoms with van der Waals surface area (Å²) in [6.07, 6.45) is 5.20. The molecule has 0 aromatic carbocycles. The Morgan fingerprint density at radius 2 is 2.00 bits per heavy atom. The standard InChI is InChI=1S/C14H27N3O2S2/c1-4-7-8-11(6-3)10-16-14-12(13(15)17-20-14)21(18,19)9-5-2/h11,16H,4-10H2,1-3H3,(H2,15,17). The first-order chi connectivity index (χ1) is 9.96. The van der Waals surface area contributed by atoms with E-state index < -0.39 is 9.84 Å². The zero-order chi connectivity index (χ0) is 15.9. The molecule has 0 saturated heterocycles. The smallest absolute Gasteiger partial charge is 0.185 e. The zero-order valence-electron chi connectivity index (χ0n) is 13.2. The van der Waals surface area contributed by atoms with Gasteiger partial charge in [0.1, 0.15) is 9.90 Å². The van der Waals surface area contributed by atoms with E-state index in [4.69, 9.17) is 5.73 Å². The van der Waals surface area contributed by atoms with Crippen LogP contribution in [0, 0.1) is 5.92 Å². The summed E-state index contributed by atoms with van der Waals surface area (Å²) in [5, 5.41) is 3.85. The first-order valence-electron chi connectivity index (χ1n) is 7.67. The van der Waals surface area contributed by atoms with E-state index in [0.29, 0.717) is 17.3 Å². The Balaban J connectivity index is 2.81. The molecule has 7 heteroatoms. The molecule has 21 heavy (non-hydrogen) atoms. The molecule has 3 N–H and O–H groups in total. The fourth-order valence-electron chi connectivity index (χ4n) is 2.26. The maximum Gasteiger partial charge on any atom is 0.185 e. The third-order valence-corrected chi connectivity index (χ3v) is 6.48. The van der Waals surface area contributed by atoms with E-state index in [1.807, 2.05) is 6.92 Å². The molecule has 5 nitrogen and oxygen atoms in total. The molecule has 0 fully saturated rings. The third kappa shape index (κ3) is 5.14.